The Balaban J connectivity index is 2.31. The summed E-state index contributed by atoms with van der Waals surface area (Å²) in [5.74, 6) is 1.66. The molecule has 6 nitrogen and oxygen atoms in total. The predicted octanol–water partition coefficient (Wildman–Crippen LogP) is 2.33. The van der Waals surface area contributed by atoms with Gasteiger partial charge in [0, 0.05) is 30.4 Å². The monoisotopic (exact) mass is 370 g/mol. The number of anilines is 4. The minimum Gasteiger partial charge on any atom is -0.357 e. The molecular formula is C12H15IN6. The zero-order chi connectivity index (χ0) is 13.8. The molecule has 2 N–H and O–H groups in total. The van der Waals surface area contributed by atoms with Gasteiger partial charge in [0.2, 0.25) is 17.8 Å². The number of hydrogen-bond acceptors (Lipinski definition) is 6. The van der Waals surface area contributed by atoms with Crippen LogP contribution in [0.2, 0.25) is 0 Å². The fourth-order valence-corrected chi connectivity index (χ4v) is 1.97. The first-order valence-electron chi connectivity index (χ1n) is 5.72. The molecule has 0 saturated carbocycles. The Morgan fingerprint density at radius 3 is 2.47 bits per heavy atom. The highest BCUT2D eigenvalue weighted by Gasteiger charge is 2.07. The predicted molar refractivity (Wildman–Crippen MR) is 86.1 cm³/mol. The van der Waals surface area contributed by atoms with Gasteiger partial charge in [-0.15, -0.1) is 0 Å². The van der Waals surface area contributed by atoms with E-state index in [-0.39, 0.29) is 0 Å². The second-order valence-corrected chi connectivity index (χ2v) is 5.31. The highest BCUT2D eigenvalue weighted by molar-refractivity contribution is 14.1. The summed E-state index contributed by atoms with van der Waals surface area (Å²) in [6.45, 7) is 0. The molecule has 0 fully saturated rings. The molecule has 2 rings (SSSR count). The van der Waals surface area contributed by atoms with Crippen LogP contribution in [0.5, 0.6) is 0 Å². The molecule has 19 heavy (non-hydrogen) atoms. The number of aromatic nitrogens is 3. The molecule has 1 aromatic heterocycles. The minimum absolute atomic E-state index is 0.519. The number of nitrogens with zero attached hydrogens (tertiary/aromatic N) is 4. The summed E-state index contributed by atoms with van der Waals surface area (Å²) in [5.41, 5.74) is 0.949. The van der Waals surface area contributed by atoms with Gasteiger partial charge in [-0.05, 0) is 40.8 Å². The first kappa shape index (κ1) is 13.8. The lowest BCUT2D eigenvalue weighted by atomic mass is 10.3. The van der Waals surface area contributed by atoms with E-state index in [1.807, 2.05) is 43.3 Å². The summed E-state index contributed by atoms with van der Waals surface area (Å²) >= 11 is 2.27. The minimum atomic E-state index is 0.519. The maximum Gasteiger partial charge on any atom is 0.233 e. The summed E-state index contributed by atoms with van der Waals surface area (Å²) in [5, 5.41) is 6.11. The van der Waals surface area contributed by atoms with Crippen molar-refractivity contribution in [3.8, 4) is 0 Å². The van der Waals surface area contributed by atoms with E-state index in [1.54, 1.807) is 7.05 Å². The van der Waals surface area contributed by atoms with Gasteiger partial charge in [0.05, 0.1) is 0 Å². The fourth-order valence-electron chi connectivity index (χ4n) is 1.43. The van der Waals surface area contributed by atoms with Crippen LogP contribution in [0, 0.1) is 3.57 Å². The van der Waals surface area contributed by atoms with E-state index >= 15 is 0 Å². The van der Waals surface area contributed by atoms with Gasteiger partial charge in [0.15, 0.2) is 0 Å². The van der Waals surface area contributed by atoms with E-state index in [0.717, 1.165) is 9.26 Å². The Morgan fingerprint density at radius 2 is 1.84 bits per heavy atom. The number of hydrogen-bond donors (Lipinski definition) is 2. The van der Waals surface area contributed by atoms with E-state index in [1.165, 1.54) is 0 Å². The van der Waals surface area contributed by atoms with Gasteiger partial charge in [-0.25, -0.2) is 0 Å². The number of benzene rings is 1. The van der Waals surface area contributed by atoms with E-state index in [4.69, 9.17) is 0 Å². The van der Waals surface area contributed by atoms with Crippen LogP contribution in [-0.4, -0.2) is 36.1 Å². The van der Waals surface area contributed by atoms with Gasteiger partial charge in [-0.1, -0.05) is 6.07 Å². The van der Waals surface area contributed by atoms with Crippen LogP contribution < -0.4 is 15.5 Å². The molecule has 0 atom stereocenters. The molecule has 0 saturated heterocycles. The third-order valence-corrected chi connectivity index (χ3v) is 3.00. The second-order valence-electron chi connectivity index (χ2n) is 4.06. The lowest BCUT2D eigenvalue weighted by Gasteiger charge is -2.13. The van der Waals surface area contributed by atoms with Gasteiger partial charge < -0.3 is 15.5 Å². The van der Waals surface area contributed by atoms with Crippen molar-refractivity contribution in [1.82, 2.24) is 15.0 Å². The maximum atomic E-state index is 4.36. The SMILES string of the molecule is CNc1nc(Nc2cccc(I)c2)nc(N(C)C)n1. The normalized spacial score (nSPS) is 10.1. The molecule has 7 heteroatoms. The Hall–Kier alpha value is -1.64. The summed E-state index contributed by atoms with van der Waals surface area (Å²) in [4.78, 5) is 14.7. The average molecular weight is 370 g/mol. The highest BCUT2D eigenvalue weighted by Crippen LogP contribution is 2.18. The van der Waals surface area contributed by atoms with Crippen molar-refractivity contribution in [3.05, 3.63) is 27.8 Å². The standard InChI is InChI=1S/C12H15IN6/c1-14-10-16-11(18-12(17-10)19(2)3)15-9-6-4-5-8(13)7-9/h4-7H,1-3H3,(H2,14,15,16,17,18). The maximum absolute atomic E-state index is 4.36. The van der Waals surface area contributed by atoms with Crippen molar-refractivity contribution in [3.63, 3.8) is 0 Å². The first-order valence-corrected chi connectivity index (χ1v) is 6.80. The Kier molecular flexibility index (Phi) is 4.35. The largest absolute Gasteiger partial charge is 0.357 e. The van der Waals surface area contributed by atoms with Gasteiger partial charge in [0.25, 0.3) is 0 Å². The molecule has 0 aliphatic carbocycles. The van der Waals surface area contributed by atoms with E-state index in [2.05, 4.69) is 48.2 Å². The zero-order valence-electron chi connectivity index (χ0n) is 11.0. The third kappa shape index (κ3) is 3.66. The summed E-state index contributed by atoms with van der Waals surface area (Å²) < 4.78 is 1.15. The summed E-state index contributed by atoms with van der Waals surface area (Å²) in [6.07, 6.45) is 0. The smallest absolute Gasteiger partial charge is 0.233 e. The average Bonchev–Trinajstić information content (AvgIpc) is 2.38. The molecule has 0 aliphatic heterocycles. The molecule has 0 amide bonds. The van der Waals surface area contributed by atoms with E-state index in [9.17, 15) is 0 Å². The lowest BCUT2D eigenvalue weighted by Crippen LogP contribution is -2.15. The molecule has 0 radical (unpaired) electrons. The fraction of sp³-hybridized carbons (Fsp3) is 0.250. The van der Waals surface area contributed by atoms with Crippen molar-refractivity contribution >= 4 is 46.1 Å². The van der Waals surface area contributed by atoms with E-state index in [0.29, 0.717) is 17.8 Å². The van der Waals surface area contributed by atoms with Crippen molar-refractivity contribution in [2.24, 2.45) is 0 Å². The molecule has 1 heterocycles. The van der Waals surface area contributed by atoms with Crippen LogP contribution in [0.25, 0.3) is 0 Å². The molecule has 0 spiro atoms. The third-order valence-electron chi connectivity index (χ3n) is 2.33. The molecule has 0 bridgehead atoms. The Morgan fingerprint density at radius 1 is 1.11 bits per heavy atom. The number of halogens is 1. The van der Waals surface area contributed by atoms with Crippen molar-refractivity contribution in [2.45, 2.75) is 0 Å². The molecule has 100 valence electrons. The van der Waals surface area contributed by atoms with Crippen LogP contribution in [0.4, 0.5) is 23.5 Å². The summed E-state index contributed by atoms with van der Waals surface area (Å²) in [7, 11) is 5.57. The Bertz CT molecular complexity index is 572. The van der Waals surface area contributed by atoms with Crippen molar-refractivity contribution in [2.75, 3.05) is 36.7 Å². The van der Waals surface area contributed by atoms with Crippen LogP contribution in [0.3, 0.4) is 0 Å². The van der Waals surface area contributed by atoms with Gasteiger partial charge in [-0.2, -0.15) is 15.0 Å². The van der Waals surface area contributed by atoms with E-state index < -0.39 is 0 Å². The van der Waals surface area contributed by atoms with Gasteiger partial charge >= 0.3 is 0 Å². The van der Waals surface area contributed by atoms with Crippen molar-refractivity contribution < 1.29 is 0 Å². The first-order chi connectivity index (χ1) is 9.08. The molecule has 0 unspecified atom stereocenters. The van der Waals surface area contributed by atoms with Gasteiger partial charge in [-0.3, -0.25) is 0 Å². The molecule has 0 aliphatic rings. The number of rotatable bonds is 4. The Labute approximate surface area is 125 Å². The van der Waals surface area contributed by atoms with Crippen LogP contribution in [-0.2, 0) is 0 Å². The molecule has 1 aromatic carbocycles. The summed E-state index contributed by atoms with van der Waals surface area (Å²) in [6, 6.07) is 8.01. The highest BCUT2D eigenvalue weighted by atomic mass is 127. The lowest BCUT2D eigenvalue weighted by molar-refractivity contribution is 0.963. The topological polar surface area (TPSA) is 66.0 Å². The molecule has 2 aromatic rings. The number of nitrogens with one attached hydrogen (secondary N) is 2. The quantitative estimate of drug-likeness (QED) is 0.806. The molecular weight excluding hydrogens is 355 g/mol. The van der Waals surface area contributed by atoms with Crippen LogP contribution >= 0.6 is 22.6 Å². The van der Waals surface area contributed by atoms with Crippen LogP contribution in [0.15, 0.2) is 24.3 Å². The second kappa shape index (κ2) is 6.00. The zero-order valence-corrected chi connectivity index (χ0v) is 13.1. The van der Waals surface area contributed by atoms with Crippen molar-refractivity contribution in [1.29, 1.82) is 0 Å². The van der Waals surface area contributed by atoms with Gasteiger partial charge in [0.1, 0.15) is 0 Å². The van der Waals surface area contributed by atoms with Crippen LogP contribution in [0.1, 0.15) is 0 Å².